The molecule has 3 heterocycles. The molecule has 0 spiro atoms. The first kappa shape index (κ1) is 13.1. The van der Waals surface area contributed by atoms with Gasteiger partial charge in [0.25, 0.3) is 0 Å². The Bertz CT molecular complexity index is 625. The summed E-state index contributed by atoms with van der Waals surface area (Å²) >= 11 is 0. The Morgan fingerprint density at radius 1 is 1.40 bits per heavy atom. The molecule has 0 bridgehead atoms. The molecule has 0 aromatic carbocycles. The highest BCUT2D eigenvalue weighted by Gasteiger charge is 2.16. The molecule has 2 N–H and O–H groups in total. The van der Waals surface area contributed by atoms with E-state index in [1.165, 1.54) is 30.4 Å². The number of anilines is 1. The second kappa shape index (κ2) is 5.62. The van der Waals surface area contributed by atoms with Crippen molar-refractivity contribution in [2.24, 2.45) is 5.92 Å². The summed E-state index contributed by atoms with van der Waals surface area (Å²) in [6, 6.07) is 3.63. The average Bonchev–Trinajstić information content (AvgIpc) is 2.83. The third kappa shape index (κ3) is 2.82. The van der Waals surface area contributed by atoms with E-state index in [-0.39, 0.29) is 5.69 Å². The lowest BCUT2D eigenvalue weighted by Crippen LogP contribution is -2.30. The van der Waals surface area contributed by atoms with Crippen molar-refractivity contribution in [2.75, 3.05) is 32.0 Å². The summed E-state index contributed by atoms with van der Waals surface area (Å²) in [5.74, 6) is 1.51. The molecule has 0 aliphatic carbocycles. The van der Waals surface area contributed by atoms with Gasteiger partial charge < -0.3 is 10.2 Å². The molecule has 1 saturated heterocycles. The van der Waals surface area contributed by atoms with Gasteiger partial charge in [-0.25, -0.2) is 9.89 Å². The molecular weight excluding hydrogens is 256 g/mol. The molecule has 108 valence electrons. The maximum absolute atomic E-state index is 11.4. The van der Waals surface area contributed by atoms with Gasteiger partial charge >= 0.3 is 5.69 Å². The Morgan fingerprint density at radius 2 is 2.20 bits per heavy atom. The third-order valence-corrected chi connectivity index (χ3v) is 3.97. The lowest BCUT2D eigenvalue weighted by atomic mass is 9.94. The molecule has 1 aliphatic rings. The Hall–Kier alpha value is -1.89. The number of nitrogens with zero attached hydrogens (tertiary/aromatic N) is 4. The van der Waals surface area contributed by atoms with E-state index in [1.54, 1.807) is 6.07 Å². The van der Waals surface area contributed by atoms with Crippen LogP contribution < -0.4 is 11.0 Å². The zero-order chi connectivity index (χ0) is 13.9. The molecule has 0 saturated carbocycles. The maximum atomic E-state index is 11.4. The van der Waals surface area contributed by atoms with Crippen LogP contribution in [-0.4, -0.2) is 51.4 Å². The smallest absolute Gasteiger partial charge is 0.364 e. The Morgan fingerprint density at radius 3 is 3.00 bits per heavy atom. The first-order valence-electron chi connectivity index (χ1n) is 7.09. The average molecular weight is 276 g/mol. The summed E-state index contributed by atoms with van der Waals surface area (Å²) in [6.07, 6.45) is 3.69. The highest BCUT2D eigenvalue weighted by Crippen LogP contribution is 2.19. The summed E-state index contributed by atoms with van der Waals surface area (Å²) in [7, 11) is 2.18. The highest BCUT2D eigenvalue weighted by molar-refractivity contribution is 5.42. The van der Waals surface area contributed by atoms with Gasteiger partial charge in [0.15, 0.2) is 5.65 Å². The quantitative estimate of drug-likeness (QED) is 0.853. The summed E-state index contributed by atoms with van der Waals surface area (Å²) in [4.78, 5) is 13.8. The zero-order valence-electron chi connectivity index (χ0n) is 11.7. The number of hydrogen-bond donors (Lipinski definition) is 2. The molecule has 20 heavy (non-hydrogen) atoms. The van der Waals surface area contributed by atoms with Gasteiger partial charge in [-0.1, -0.05) is 0 Å². The predicted molar refractivity (Wildman–Crippen MR) is 76.9 cm³/mol. The minimum absolute atomic E-state index is 0.307. The summed E-state index contributed by atoms with van der Waals surface area (Å²) < 4.78 is 1.28. The summed E-state index contributed by atoms with van der Waals surface area (Å²) in [5, 5.41) is 13.7. The van der Waals surface area contributed by atoms with Crippen LogP contribution in [0.2, 0.25) is 0 Å². The van der Waals surface area contributed by atoms with Crippen molar-refractivity contribution in [1.29, 1.82) is 0 Å². The number of aromatic nitrogens is 4. The number of fused-ring (bicyclic) bond motifs is 1. The molecule has 2 aromatic heterocycles. The maximum Gasteiger partial charge on any atom is 0.364 e. The van der Waals surface area contributed by atoms with Crippen LogP contribution in [-0.2, 0) is 0 Å². The van der Waals surface area contributed by atoms with Crippen LogP contribution in [0.4, 0.5) is 5.82 Å². The fourth-order valence-corrected chi connectivity index (χ4v) is 2.65. The molecule has 0 atom stereocenters. The van der Waals surface area contributed by atoms with E-state index in [0.29, 0.717) is 11.5 Å². The van der Waals surface area contributed by atoms with Crippen LogP contribution in [0.25, 0.3) is 5.65 Å². The molecule has 3 rings (SSSR count). The predicted octanol–water partition coefficient (Wildman–Crippen LogP) is 0.561. The Labute approximate surface area is 117 Å². The fourth-order valence-electron chi connectivity index (χ4n) is 2.65. The number of hydrogen-bond acceptors (Lipinski definition) is 5. The monoisotopic (exact) mass is 276 g/mol. The van der Waals surface area contributed by atoms with Gasteiger partial charge in [0, 0.05) is 6.54 Å². The summed E-state index contributed by atoms with van der Waals surface area (Å²) in [5.41, 5.74) is 0.231. The van der Waals surface area contributed by atoms with Crippen molar-refractivity contribution in [2.45, 2.75) is 19.3 Å². The van der Waals surface area contributed by atoms with Gasteiger partial charge in [0.2, 0.25) is 0 Å². The van der Waals surface area contributed by atoms with Crippen molar-refractivity contribution in [1.82, 2.24) is 24.7 Å². The van der Waals surface area contributed by atoms with Gasteiger partial charge in [-0.05, 0) is 57.5 Å². The van der Waals surface area contributed by atoms with Crippen molar-refractivity contribution in [3.63, 3.8) is 0 Å². The molecule has 0 unspecified atom stereocenters. The van der Waals surface area contributed by atoms with Crippen LogP contribution in [0.1, 0.15) is 19.3 Å². The Kier molecular flexibility index (Phi) is 3.68. The van der Waals surface area contributed by atoms with Crippen molar-refractivity contribution in [3.8, 4) is 0 Å². The van der Waals surface area contributed by atoms with E-state index in [2.05, 4.69) is 32.6 Å². The highest BCUT2D eigenvalue weighted by atomic mass is 16.2. The molecule has 0 amide bonds. The Balaban J connectivity index is 1.54. The van der Waals surface area contributed by atoms with Crippen LogP contribution in [0, 0.1) is 5.92 Å². The fraction of sp³-hybridized carbons (Fsp3) is 0.615. The molecular formula is C13H20N6O. The van der Waals surface area contributed by atoms with E-state index < -0.39 is 0 Å². The van der Waals surface area contributed by atoms with E-state index in [0.717, 1.165) is 18.9 Å². The van der Waals surface area contributed by atoms with E-state index in [4.69, 9.17) is 0 Å². The molecule has 7 heteroatoms. The van der Waals surface area contributed by atoms with Gasteiger partial charge in [-0.2, -0.15) is 9.61 Å². The van der Waals surface area contributed by atoms with Crippen molar-refractivity contribution in [3.05, 3.63) is 22.6 Å². The van der Waals surface area contributed by atoms with Crippen LogP contribution >= 0.6 is 0 Å². The molecule has 2 aromatic rings. The first-order valence-corrected chi connectivity index (χ1v) is 7.09. The van der Waals surface area contributed by atoms with Crippen molar-refractivity contribution < 1.29 is 0 Å². The number of aromatic amines is 1. The minimum Gasteiger partial charge on any atom is -0.369 e. The van der Waals surface area contributed by atoms with Crippen molar-refractivity contribution >= 4 is 11.5 Å². The molecule has 1 fully saturated rings. The van der Waals surface area contributed by atoms with E-state index >= 15 is 0 Å². The summed E-state index contributed by atoms with van der Waals surface area (Å²) in [6.45, 7) is 3.28. The lowest BCUT2D eigenvalue weighted by molar-refractivity contribution is 0.215. The van der Waals surface area contributed by atoms with Crippen LogP contribution in [0.15, 0.2) is 16.9 Å². The number of piperidine rings is 1. The molecule has 7 nitrogen and oxygen atoms in total. The molecule has 1 aliphatic heterocycles. The van der Waals surface area contributed by atoms with Crippen LogP contribution in [0.5, 0.6) is 0 Å². The van der Waals surface area contributed by atoms with E-state index in [9.17, 15) is 4.79 Å². The number of likely N-dealkylation sites (tertiary alicyclic amines) is 1. The second-order valence-electron chi connectivity index (χ2n) is 5.48. The third-order valence-electron chi connectivity index (χ3n) is 3.97. The topological polar surface area (TPSA) is 78.3 Å². The first-order chi connectivity index (χ1) is 9.72. The number of nitrogens with one attached hydrogen (secondary N) is 2. The van der Waals surface area contributed by atoms with Gasteiger partial charge in [0.1, 0.15) is 5.82 Å². The van der Waals surface area contributed by atoms with Crippen LogP contribution in [0.3, 0.4) is 0 Å². The molecule has 0 radical (unpaired) electrons. The van der Waals surface area contributed by atoms with E-state index in [1.807, 2.05) is 6.07 Å². The number of H-pyrrole nitrogens is 1. The normalized spacial score (nSPS) is 17.6. The van der Waals surface area contributed by atoms with Gasteiger partial charge in [0.05, 0.1) is 0 Å². The SMILES string of the molecule is CN1CCC(CCNc2ccc3n[nH]c(=O)n3n2)CC1. The minimum atomic E-state index is -0.307. The van der Waals surface area contributed by atoms with Gasteiger partial charge in [-0.15, -0.1) is 5.10 Å². The van der Waals surface area contributed by atoms with Gasteiger partial charge in [-0.3, -0.25) is 0 Å². The zero-order valence-corrected chi connectivity index (χ0v) is 11.7. The number of rotatable bonds is 4. The standard InChI is InChI=1S/C13H20N6O/c1-18-8-5-10(6-9-18)4-7-14-11-2-3-12-15-16-13(20)19(12)17-11/h2-3,10H,4-9H2,1H3,(H,14,17)(H,16,20). The second-order valence-corrected chi connectivity index (χ2v) is 5.48. The largest absolute Gasteiger partial charge is 0.369 e. The lowest BCUT2D eigenvalue weighted by Gasteiger charge is -2.28.